The minimum atomic E-state index is -0.785. The van der Waals surface area contributed by atoms with Crippen molar-refractivity contribution in [3.8, 4) is 0 Å². The lowest BCUT2D eigenvalue weighted by Crippen LogP contribution is -2.42. The lowest BCUT2D eigenvalue weighted by atomic mass is 9.98. The van der Waals surface area contributed by atoms with Gasteiger partial charge in [0.1, 0.15) is 0 Å². The van der Waals surface area contributed by atoms with Crippen molar-refractivity contribution < 1.29 is 14.7 Å². The largest absolute Gasteiger partial charge is 0.481 e. The van der Waals surface area contributed by atoms with Crippen molar-refractivity contribution in [2.24, 2.45) is 5.92 Å². The molecular formula is C16H21NO3. The predicted molar refractivity (Wildman–Crippen MR) is 76.3 cm³/mol. The van der Waals surface area contributed by atoms with E-state index in [4.69, 9.17) is 5.11 Å². The van der Waals surface area contributed by atoms with Crippen LogP contribution in [0.3, 0.4) is 0 Å². The molecule has 4 heteroatoms. The number of rotatable bonds is 5. The zero-order valence-electron chi connectivity index (χ0n) is 11.6. The van der Waals surface area contributed by atoms with Crippen LogP contribution in [0.2, 0.25) is 0 Å². The zero-order valence-corrected chi connectivity index (χ0v) is 11.6. The minimum absolute atomic E-state index is 0.0897. The van der Waals surface area contributed by atoms with E-state index in [2.05, 4.69) is 12.1 Å². The molecule has 1 aromatic rings. The van der Waals surface area contributed by atoms with Crippen LogP contribution >= 0.6 is 0 Å². The molecular weight excluding hydrogens is 254 g/mol. The summed E-state index contributed by atoms with van der Waals surface area (Å²) in [6.45, 7) is 1.08. The van der Waals surface area contributed by atoms with Gasteiger partial charge in [-0.1, -0.05) is 30.3 Å². The van der Waals surface area contributed by atoms with E-state index < -0.39 is 5.97 Å². The van der Waals surface area contributed by atoms with E-state index in [1.807, 2.05) is 18.2 Å². The van der Waals surface area contributed by atoms with Gasteiger partial charge in [-0.05, 0) is 31.2 Å². The average molecular weight is 275 g/mol. The summed E-state index contributed by atoms with van der Waals surface area (Å²) in [6.07, 6.45) is 3.69. The van der Waals surface area contributed by atoms with Gasteiger partial charge in [0, 0.05) is 19.5 Å². The number of piperidine rings is 1. The summed E-state index contributed by atoms with van der Waals surface area (Å²) < 4.78 is 0. The molecule has 0 saturated carbocycles. The normalized spacial score (nSPS) is 18.8. The number of carbonyl (C=O) groups excluding carboxylic acids is 1. The van der Waals surface area contributed by atoms with Gasteiger partial charge in [-0.15, -0.1) is 0 Å². The Bertz CT molecular complexity index is 458. The van der Waals surface area contributed by atoms with Crippen molar-refractivity contribution in [3.05, 3.63) is 35.9 Å². The Morgan fingerprint density at radius 1 is 1.25 bits per heavy atom. The monoisotopic (exact) mass is 275 g/mol. The van der Waals surface area contributed by atoms with Crippen LogP contribution in [0.25, 0.3) is 0 Å². The summed E-state index contributed by atoms with van der Waals surface area (Å²) >= 11 is 0. The maximum absolute atomic E-state index is 12.1. The van der Waals surface area contributed by atoms with E-state index in [9.17, 15) is 9.59 Å². The Morgan fingerprint density at radius 2 is 2.00 bits per heavy atom. The van der Waals surface area contributed by atoms with E-state index in [0.29, 0.717) is 25.9 Å². The molecule has 1 aliphatic heterocycles. The van der Waals surface area contributed by atoms with Crippen molar-refractivity contribution >= 4 is 11.9 Å². The number of nitrogens with zero attached hydrogens (tertiary/aromatic N) is 1. The maximum Gasteiger partial charge on any atom is 0.308 e. The van der Waals surface area contributed by atoms with E-state index in [1.165, 1.54) is 5.56 Å². The number of amides is 1. The molecule has 0 spiro atoms. The topological polar surface area (TPSA) is 57.6 Å². The Morgan fingerprint density at radius 3 is 2.70 bits per heavy atom. The molecule has 1 aromatic carbocycles. The summed E-state index contributed by atoms with van der Waals surface area (Å²) in [5, 5.41) is 9.02. The predicted octanol–water partition coefficient (Wildman–Crippen LogP) is 2.33. The summed E-state index contributed by atoms with van der Waals surface area (Å²) in [7, 11) is 0. The Labute approximate surface area is 119 Å². The second kappa shape index (κ2) is 7.08. The van der Waals surface area contributed by atoms with Crippen LogP contribution in [0.5, 0.6) is 0 Å². The lowest BCUT2D eigenvalue weighted by Gasteiger charge is -2.30. The molecule has 0 radical (unpaired) electrons. The summed E-state index contributed by atoms with van der Waals surface area (Å²) in [4.78, 5) is 24.8. The fourth-order valence-electron chi connectivity index (χ4n) is 2.65. The van der Waals surface area contributed by atoms with Crippen LogP contribution in [0, 0.1) is 5.92 Å². The zero-order chi connectivity index (χ0) is 14.4. The minimum Gasteiger partial charge on any atom is -0.481 e. The Hall–Kier alpha value is -1.84. The van der Waals surface area contributed by atoms with Crippen molar-refractivity contribution in [1.82, 2.24) is 4.90 Å². The van der Waals surface area contributed by atoms with E-state index in [1.54, 1.807) is 4.90 Å². The number of carboxylic acids is 1. The van der Waals surface area contributed by atoms with Gasteiger partial charge in [-0.2, -0.15) is 0 Å². The highest BCUT2D eigenvalue weighted by Crippen LogP contribution is 2.18. The molecule has 1 fully saturated rings. The van der Waals surface area contributed by atoms with E-state index in [0.717, 1.165) is 19.3 Å². The number of aliphatic carboxylic acids is 1. The van der Waals surface area contributed by atoms with Crippen molar-refractivity contribution in [2.75, 3.05) is 13.1 Å². The maximum atomic E-state index is 12.1. The molecule has 20 heavy (non-hydrogen) atoms. The van der Waals surface area contributed by atoms with Gasteiger partial charge in [0.2, 0.25) is 5.91 Å². The third-order valence-corrected chi connectivity index (χ3v) is 3.82. The lowest BCUT2D eigenvalue weighted by molar-refractivity contribution is -0.145. The van der Waals surface area contributed by atoms with Gasteiger partial charge < -0.3 is 10.0 Å². The van der Waals surface area contributed by atoms with Crippen LogP contribution in [0.1, 0.15) is 31.2 Å². The first-order valence-corrected chi connectivity index (χ1v) is 7.21. The molecule has 1 N–H and O–H groups in total. The molecule has 0 aliphatic carbocycles. The number of benzene rings is 1. The molecule has 1 amide bonds. The fraction of sp³-hybridized carbons (Fsp3) is 0.500. The molecule has 4 nitrogen and oxygen atoms in total. The molecule has 2 rings (SSSR count). The summed E-state index contributed by atoms with van der Waals surface area (Å²) in [6, 6.07) is 10.1. The highest BCUT2D eigenvalue weighted by atomic mass is 16.4. The van der Waals surface area contributed by atoms with Crippen LogP contribution < -0.4 is 0 Å². The number of carbonyl (C=O) groups is 2. The standard InChI is InChI=1S/C16H21NO3/c18-15(10-4-8-13-6-2-1-3-7-13)17-11-5-9-14(12-17)16(19)20/h1-3,6-7,14H,4-5,8-12H2,(H,19,20)/t14-/m1/s1. The number of aryl methyl sites for hydroxylation is 1. The first-order chi connectivity index (χ1) is 9.66. The van der Waals surface area contributed by atoms with Gasteiger partial charge in [-0.25, -0.2) is 0 Å². The fourth-order valence-corrected chi connectivity index (χ4v) is 2.65. The third-order valence-electron chi connectivity index (χ3n) is 3.82. The molecule has 0 aromatic heterocycles. The smallest absolute Gasteiger partial charge is 0.308 e. The Kier molecular flexibility index (Phi) is 5.16. The molecule has 1 atom stereocenters. The molecule has 0 unspecified atom stereocenters. The molecule has 0 bridgehead atoms. The first kappa shape index (κ1) is 14.6. The molecule has 1 saturated heterocycles. The number of hydrogen-bond donors (Lipinski definition) is 1. The number of carboxylic acid groups (broad SMARTS) is 1. The molecule has 1 aliphatic rings. The van der Waals surface area contributed by atoms with Crippen molar-refractivity contribution in [1.29, 1.82) is 0 Å². The quantitative estimate of drug-likeness (QED) is 0.897. The van der Waals surface area contributed by atoms with Gasteiger partial charge in [0.05, 0.1) is 5.92 Å². The third kappa shape index (κ3) is 4.08. The summed E-state index contributed by atoms with van der Waals surface area (Å²) in [5.41, 5.74) is 1.24. The summed E-state index contributed by atoms with van der Waals surface area (Å²) in [5.74, 6) is -1.08. The molecule has 1 heterocycles. The van der Waals surface area contributed by atoms with Crippen molar-refractivity contribution in [2.45, 2.75) is 32.1 Å². The van der Waals surface area contributed by atoms with Crippen LogP contribution in [0.4, 0.5) is 0 Å². The second-order valence-electron chi connectivity index (χ2n) is 5.36. The Balaban J connectivity index is 1.75. The second-order valence-corrected chi connectivity index (χ2v) is 5.36. The highest BCUT2D eigenvalue weighted by Gasteiger charge is 2.27. The average Bonchev–Trinajstić information content (AvgIpc) is 2.48. The van der Waals surface area contributed by atoms with Crippen LogP contribution in [0.15, 0.2) is 30.3 Å². The molecule has 108 valence electrons. The number of likely N-dealkylation sites (tertiary alicyclic amines) is 1. The number of hydrogen-bond acceptors (Lipinski definition) is 2. The van der Waals surface area contributed by atoms with Crippen LogP contribution in [-0.2, 0) is 16.0 Å². The van der Waals surface area contributed by atoms with E-state index >= 15 is 0 Å². The van der Waals surface area contributed by atoms with Crippen LogP contribution in [-0.4, -0.2) is 35.0 Å². The van der Waals surface area contributed by atoms with Gasteiger partial charge >= 0.3 is 5.97 Å². The SMILES string of the molecule is O=C(O)[C@@H]1CCCN(C(=O)CCCc2ccccc2)C1. The van der Waals surface area contributed by atoms with Gasteiger partial charge in [-0.3, -0.25) is 9.59 Å². The van der Waals surface area contributed by atoms with Crippen molar-refractivity contribution in [3.63, 3.8) is 0 Å². The van der Waals surface area contributed by atoms with Gasteiger partial charge in [0.25, 0.3) is 0 Å². The first-order valence-electron chi connectivity index (χ1n) is 7.21. The van der Waals surface area contributed by atoms with Gasteiger partial charge in [0.15, 0.2) is 0 Å². The van der Waals surface area contributed by atoms with E-state index in [-0.39, 0.29) is 11.8 Å². The highest BCUT2D eigenvalue weighted by molar-refractivity contribution is 5.78.